The van der Waals surface area contributed by atoms with Crippen molar-refractivity contribution in [1.82, 2.24) is 4.90 Å². The molecule has 1 saturated heterocycles. The Morgan fingerprint density at radius 3 is 2.38 bits per heavy atom. The van der Waals surface area contributed by atoms with Crippen molar-refractivity contribution in [2.75, 3.05) is 31.6 Å². The number of benzene rings is 1. The predicted molar refractivity (Wildman–Crippen MR) is 89.6 cm³/mol. The highest BCUT2D eigenvalue weighted by molar-refractivity contribution is 5.99. The zero-order valence-electron chi connectivity index (χ0n) is 14.1. The monoisotopic (exact) mass is 332 g/mol. The normalized spacial score (nSPS) is 25.9. The van der Waals surface area contributed by atoms with Crippen molar-refractivity contribution in [2.45, 2.75) is 20.4 Å². The Hall–Kier alpha value is -1.92. The molecular formula is C18H24N2O4. The molecule has 1 aromatic carbocycles. The first-order valence-electron chi connectivity index (χ1n) is 8.32. The standard InChI is InChI=1S/C18H24N2O4/c1-18(2)14(15(18)17(22)23)16(21)19-13-5-3-12(4-6-13)11-20-7-9-24-10-8-20/h3-6,14-15H,7-11H2,1-2H3,(H,19,21)(H,22,23)/t14-,15-/m0/s1. The summed E-state index contributed by atoms with van der Waals surface area (Å²) >= 11 is 0. The number of amides is 1. The van der Waals surface area contributed by atoms with Crippen molar-refractivity contribution in [3.8, 4) is 0 Å². The Labute approximate surface area is 141 Å². The zero-order valence-corrected chi connectivity index (χ0v) is 14.1. The number of carboxylic acids is 1. The van der Waals surface area contributed by atoms with Gasteiger partial charge in [-0.2, -0.15) is 0 Å². The molecule has 1 heterocycles. The van der Waals surface area contributed by atoms with Crippen molar-refractivity contribution in [1.29, 1.82) is 0 Å². The lowest BCUT2D eigenvalue weighted by atomic mass is 10.1. The molecule has 3 rings (SSSR count). The van der Waals surface area contributed by atoms with Crippen LogP contribution in [-0.4, -0.2) is 48.2 Å². The minimum Gasteiger partial charge on any atom is -0.481 e. The Morgan fingerprint density at radius 2 is 1.83 bits per heavy atom. The third-order valence-electron chi connectivity index (χ3n) is 5.11. The van der Waals surface area contributed by atoms with Crippen molar-refractivity contribution in [2.24, 2.45) is 17.3 Å². The van der Waals surface area contributed by atoms with Crippen molar-refractivity contribution in [3.63, 3.8) is 0 Å². The van der Waals surface area contributed by atoms with Gasteiger partial charge in [-0.15, -0.1) is 0 Å². The molecule has 1 saturated carbocycles. The first-order chi connectivity index (χ1) is 11.4. The van der Waals surface area contributed by atoms with E-state index in [0.29, 0.717) is 5.69 Å². The Bertz CT molecular complexity index is 620. The molecule has 1 aliphatic heterocycles. The second-order valence-electron chi connectivity index (χ2n) is 7.19. The van der Waals surface area contributed by atoms with Crippen LogP contribution in [0.15, 0.2) is 24.3 Å². The summed E-state index contributed by atoms with van der Waals surface area (Å²) in [5.74, 6) is -2.18. The second kappa shape index (κ2) is 6.53. The topological polar surface area (TPSA) is 78.9 Å². The van der Waals surface area contributed by atoms with E-state index in [-0.39, 0.29) is 5.91 Å². The van der Waals surface area contributed by atoms with Crippen LogP contribution >= 0.6 is 0 Å². The number of carbonyl (C=O) groups is 2. The van der Waals surface area contributed by atoms with Crippen LogP contribution in [-0.2, 0) is 20.9 Å². The molecule has 2 N–H and O–H groups in total. The Balaban J connectivity index is 1.56. The van der Waals surface area contributed by atoms with Gasteiger partial charge in [-0.3, -0.25) is 14.5 Å². The molecule has 2 atom stereocenters. The van der Waals surface area contributed by atoms with Gasteiger partial charge in [0.25, 0.3) is 0 Å². The number of nitrogens with zero attached hydrogens (tertiary/aromatic N) is 1. The van der Waals surface area contributed by atoms with E-state index >= 15 is 0 Å². The molecule has 0 spiro atoms. The van der Waals surface area contributed by atoms with Crippen LogP contribution in [0.25, 0.3) is 0 Å². The molecule has 0 unspecified atom stereocenters. The van der Waals surface area contributed by atoms with Crippen LogP contribution in [0.5, 0.6) is 0 Å². The van der Waals surface area contributed by atoms with E-state index in [9.17, 15) is 14.7 Å². The number of anilines is 1. The number of rotatable bonds is 5. The smallest absolute Gasteiger partial charge is 0.307 e. The highest BCUT2D eigenvalue weighted by Crippen LogP contribution is 2.58. The van der Waals surface area contributed by atoms with Gasteiger partial charge in [0, 0.05) is 25.3 Å². The molecule has 24 heavy (non-hydrogen) atoms. The van der Waals surface area contributed by atoms with Crippen molar-refractivity contribution < 1.29 is 19.4 Å². The van der Waals surface area contributed by atoms with E-state index in [1.807, 2.05) is 38.1 Å². The fourth-order valence-corrected chi connectivity index (χ4v) is 3.52. The van der Waals surface area contributed by atoms with E-state index < -0.39 is 23.2 Å². The molecule has 130 valence electrons. The van der Waals surface area contributed by atoms with Gasteiger partial charge in [-0.25, -0.2) is 0 Å². The highest BCUT2D eigenvalue weighted by atomic mass is 16.5. The third kappa shape index (κ3) is 3.44. The quantitative estimate of drug-likeness (QED) is 0.860. The maximum absolute atomic E-state index is 12.3. The zero-order chi connectivity index (χ0) is 17.3. The molecule has 6 heteroatoms. The van der Waals surface area contributed by atoms with Gasteiger partial charge in [0.05, 0.1) is 25.0 Å². The molecule has 0 bridgehead atoms. The number of nitrogens with one attached hydrogen (secondary N) is 1. The fraction of sp³-hybridized carbons (Fsp3) is 0.556. The molecule has 0 aromatic heterocycles. The first kappa shape index (κ1) is 16.9. The van der Waals surface area contributed by atoms with Crippen LogP contribution in [0.3, 0.4) is 0 Å². The van der Waals surface area contributed by atoms with Crippen molar-refractivity contribution in [3.05, 3.63) is 29.8 Å². The summed E-state index contributed by atoms with van der Waals surface area (Å²) in [5.41, 5.74) is 1.41. The molecule has 1 amide bonds. The minimum absolute atomic E-state index is 0.215. The molecule has 1 aliphatic carbocycles. The molecule has 2 aliphatic rings. The fourth-order valence-electron chi connectivity index (χ4n) is 3.52. The summed E-state index contributed by atoms with van der Waals surface area (Å²) in [6.45, 7) is 7.93. The van der Waals surface area contributed by atoms with Crippen LogP contribution in [0.2, 0.25) is 0 Å². The predicted octanol–water partition coefficient (Wildman–Crippen LogP) is 1.81. The van der Waals surface area contributed by atoms with Crippen LogP contribution in [0, 0.1) is 17.3 Å². The van der Waals surface area contributed by atoms with Gasteiger partial charge >= 0.3 is 5.97 Å². The lowest BCUT2D eigenvalue weighted by molar-refractivity contribution is -0.140. The Kier molecular flexibility index (Phi) is 4.60. The van der Waals surface area contributed by atoms with Crippen molar-refractivity contribution >= 4 is 17.6 Å². The number of ether oxygens (including phenoxy) is 1. The van der Waals surface area contributed by atoms with E-state index in [4.69, 9.17) is 4.74 Å². The van der Waals surface area contributed by atoms with E-state index in [1.165, 1.54) is 5.56 Å². The summed E-state index contributed by atoms with van der Waals surface area (Å²) in [6, 6.07) is 7.74. The molecule has 6 nitrogen and oxygen atoms in total. The average molecular weight is 332 g/mol. The largest absolute Gasteiger partial charge is 0.481 e. The highest BCUT2D eigenvalue weighted by Gasteiger charge is 2.65. The summed E-state index contributed by atoms with van der Waals surface area (Å²) in [4.78, 5) is 25.8. The van der Waals surface area contributed by atoms with E-state index in [2.05, 4.69) is 10.2 Å². The van der Waals surface area contributed by atoms with Crippen LogP contribution in [0.4, 0.5) is 5.69 Å². The van der Waals surface area contributed by atoms with Gasteiger partial charge in [-0.1, -0.05) is 26.0 Å². The first-order valence-corrected chi connectivity index (χ1v) is 8.32. The van der Waals surface area contributed by atoms with Crippen LogP contribution < -0.4 is 5.32 Å². The minimum atomic E-state index is -0.902. The second-order valence-corrected chi connectivity index (χ2v) is 7.19. The number of hydrogen-bond acceptors (Lipinski definition) is 4. The lowest BCUT2D eigenvalue weighted by Gasteiger charge is -2.26. The van der Waals surface area contributed by atoms with Gasteiger partial charge in [0.1, 0.15) is 0 Å². The third-order valence-corrected chi connectivity index (χ3v) is 5.11. The SMILES string of the molecule is CC1(C)[C@H](C(=O)O)[C@H]1C(=O)Nc1ccc(CN2CCOCC2)cc1. The summed E-state index contributed by atoms with van der Waals surface area (Å²) < 4.78 is 5.34. The molecular weight excluding hydrogens is 308 g/mol. The maximum atomic E-state index is 12.3. The number of aliphatic carboxylic acids is 1. The number of carboxylic acid groups (broad SMARTS) is 1. The van der Waals surface area contributed by atoms with Gasteiger partial charge in [-0.05, 0) is 23.1 Å². The van der Waals surface area contributed by atoms with Gasteiger partial charge < -0.3 is 15.2 Å². The van der Waals surface area contributed by atoms with Gasteiger partial charge in [0.15, 0.2) is 0 Å². The number of morpholine rings is 1. The lowest BCUT2D eigenvalue weighted by Crippen LogP contribution is -2.35. The Morgan fingerprint density at radius 1 is 1.21 bits per heavy atom. The molecule has 2 fully saturated rings. The molecule has 0 radical (unpaired) electrons. The number of hydrogen-bond donors (Lipinski definition) is 2. The molecule has 1 aromatic rings. The number of carbonyl (C=O) groups excluding carboxylic acids is 1. The van der Waals surface area contributed by atoms with Crippen LogP contribution in [0.1, 0.15) is 19.4 Å². The summed E-state index contributed by atoms with van der Waals surface area (Å²) in [6.07, 6.45) is 0. The van der Waals surface area contributed by atoms with E-state index in [1.54, 1.807) is 0 Å². The maximum Gasteiger partial charge on any atom is 0.307 e. The average Bonchev–Trinajstić information content (AvgIpc) is 3.13. The van der Waals surface area contributed by atoms with E-state index in [0.717, 1.165) is 32.8 Å². The summed E-state index contributed by atoms with van der Waals surface area (Å²) in [5, 5.41) is 12.0. The van der Waals surface area contributed by atoms with Gasteiger partial charge in [0.2, 0.25) is 5.91 Å². The summed E-state index contributed by atoms with van der Waals surface area (Å²) in [7, 11) is 0.